The summed E-state index contributed by atoms with van der Waals surface area (Å²) in [5.74, 6) is -0.0711. The summed E-state index contributed by atoms with van der Waals surface area (Å²) in [7, 11) is -1.54. The lowest BCUT2D eigenvalue weighted by molar-refractivity contribution is -0.115. The van der Waals surface area contributed by atoms with Gasteiger partial charge in [0.05, 0.1) is 4.90 Å². The summed E-state index contributed by atoms with van der Waals surface area (Å²) in [6.45, 7) is 3.68. The van der Waals surface area contributed by atoms with Gasteiger partial charge in [0.25, 0.3) is 0 Å². The normalized spacial score (nSPS) is 11.7. The van der Waals surface area contributed by atoms with Crippen LogP contribution in [0.4, 0.5) is 11.6 Å². The van der Waals surface area contributed by atoms with Crippen LogP contribution in [0.2, 0.25) is 0 Å². The van der Waals surface area contributed by atoms with Gasteiger partial charge in [0.1, 0.15) is 5.75 Å². The quantitative estimate of drug-likeness (QED) is 0.324. The molecule has 1 aromatic heterocycles. The Hall–Kier alpha value is -3.63. The van der Waals surface area contributed by atoms with Crippen molar-refractivity contribution < 1.29 is 14.1 Å². The molecule has 8 nitrogen and oxygen atoms in total. The lowest BCUT2D eigenvalue weighted by Crippen LogP contribution is -2.32. The Kier molecular flexibility index (Phi) is 7.63. The number of phenols is 1. The Morgan fingerprint density at radius 1 is 1.06 bits per heavy atom. The number of hydrogen-bond donors (Lipinski definition) is 4. The molecule has 2 aromatic carbocycles. The number of hydrogen-bond acceptors (Lipinski definition) is 6. The molecule has 164 valence electrons. The van der Waals surface area contributed by atoms with Gasteiger partial charge in [0.2, 0.25) is 11.9 Å². The smallest absolute Gasteiger partial charge is 0.250 e. The molecule has 0 aliphatic rings. The molecule has 4 N–H and O–H groups in total. The highest BCUT2D eigenvalue weighted by atomic mass is 32.2. The third kappa shape index (κ3) is 6.69. The Labute approximate surface area is 193 Å². The van der Waals surface area contributed by atoms with Gasteiger partial charge in [-0.05, 0) is 68.5 Å². The zero-order chi connectivity index (χ0) is 23.1. The zero-order valence-electron chi connectivity index (χ0n) is 17.3. The Bertz CT molecular complexity index is 1180. The molecule has 0 aliphatic heterocycles. The fraction of sp³-hybridized carbons (Fsp3) is 0.0909. The monoisotopic (exact) mass is 467 g/mol. The maximum atomic E-state index is 12.5. The second-order valence-corrected chi connectivity index (χ2v) is 8.33. The van der Waals surface area contributed by atoms with Crippen LogP contribution < -0.4 is 15.4 Å². The van der Waals surface area contributed by atoms with Crippen LogP contribution >= 0.6 is 12.2 Å². The highest BCUT2D eigenvalue weighted by Gasteiger charge is 2.08. The van der Waals surface area contributed by atoms with Crippen molar-refractivity contribution in [2.45, 2.75) is 18.7 Å². The maximum Gasteiger partial charge on any atom is 0.250 e. The first-order valence-electron chi connectivity index (χ1n) is 9.49. The van der Waals surface area contributed by atoms with Crippen LogP contribution in [0, 0.1) is 13.8 Å². The molecule has 3 aromatic rings. The van der Waals surface area contributed by atoms with Crippen molar-refractivity contribution in [2.75, 3.05) is 10.0 Å². The van der Waals surface area contributed by atoms with Gasteiger partial charge in [-0.3, -0.25) is 14.8 Å². The summed E-state index contributed by atoms with van der Waals surface area (Å²) in [4.78, 5) is 21.0. The number of aryl methyl sites for hydroxylation is 2. The third-order valence-corrected chi connectivity index (χ3v) is 5.35. The topological polar surface area (TPSA) is 116 Å². The van der Waals surface area contributed by atoms with Crippen molar-refractivity contribution in [1.82, 2.24) is 15.3 Å². The minimum absolute atomic E-state index is 0.0771. The van der Waals surface area contributed by atoms with E-state index in [1.165, 1.54) is 18.2 Å². The van der Waals surface area contributed by atoms with Crippen LogP contribution in [0.25, 0.3) is 6.08 Å². The fourth-order valence-corrected chi connectivity index (χ4v) is 3.66. The Morgan fingerprint density at radius 2 is 1.72 bits per heavy atom. The Morgan fingerprint density at radius 3 is 2.38 bits per heavy atom. The number of carbonyl (C=O) groups is 1. The maximum absolute atomic E-state index is 12.5. The molecule has 10 heteroatoms. The highest BCUT2D eigenvalue weighted by molar-refractivity contribution is 7.86. The van der Waals surface area contributed by atoms with Gasteiger partial charge in [-0.2, -0.15) is 0 Å². The number of para-hydroxylation sites is 1. The first kappa shape index (κ1) is 23.0. The van der Waals surface area contributed by atoms with Crippen LogP contribution in [0.15, 0.2) is 65.6 Å². The second-order valence-electron chi connectivity index (χ2n) is 6.71. The number of aromatic nitrogens is 2. The summed E-state index contributed by atoms with van der Waals surface area (Å²) in [6, 6.07) is 15.2. The van der Waals surface area contributed by atoms with Crippen LogP contribution in [-0.2, 0) is 15.8 Å². The van der Waals surface area contributed by atoms with Crippen LogP contribution in [0.1, 0.15) is 17.0 Å². The predicted octanol–water partition coefficient (Wildman–Crippen LogP) is 3.46. The van der Waals surface area contributed by atoms with E-state index >= 15 is 0 Å². The molecule has 0 spiro atoms. The SMILES string of the molecule is Cc1cc(C)nc(NS(=O)c2ccc(NC(=S)NC(=O)/C=C/c3ccccc3O)cc2)n1. The summed E-state index contributed by atoms with van der Waals surface area (Å²) < 4.78 is 15.3. The number of amides is 1. The molecule has 0 aliphatic carbocycles. The van der Waals surface area contributed by atoms with E-state index in [0.29, 0.717) is 22.1 Å². The van der Waals surface area contributed by atoms with Crippen LogP contribution in [0.3, 0.4) is 0 Å². The summed E-state index contributed by atoms with van der Waals surface area (Å²) in [5, 5.41) is 15.2. The molecule has 0 radical (unpaired) electrons. The van der Waals surface area contributed by atoms with Gasteiger partial charge in [0, 0.05) is 28.7 Å². The average molecular weight is 468 g/mol. The molecule has 1 heterocycles. The fourth-order valence-electron chi connectivity index (χ4n) is 2.69. The van der Waals surface area contributed by atoms with E-state index in [4.69, 9.17) is 12.2 Å². The van der Waals surface area contributed by atoms with E-state index in [-0.39, 0.29) is 10.9 Å². The van der Waals surface area contributed by atoms with E-state index in [1.807, 2.05) is 19.9 Å². The van der Waals surface area contributed by atoms with Crippen molar-refractivity contribution in [2.24, 2.45) is 0 Å². The minimum Gasteiger partial charge on any atom is -0.507 e. The molecule has 3 rings (SSSR count). The van der Waals surface area contributed by atoms with E-state index in [2.05, 4.69) is 25.3 Å². The van der Waals surface area contributed by atoms with Gasteiger partial charge in [-0.15, -0.1) is 0 Å². The number of anilines is 2. The standard InChI is InChI=1S/C22H21N5O3S2/c1-14-13-15(2)24-21(23-14)27-32(30)18-10-8-17(9-11-18)25-22(31)26-20(29)12-7-16-5-3-4-6-19(16)28/h3-13,28H,1-2H3,(H,23,24,27)(H2,25,26,29,31)/b12-7+. The van der Waals surface area contributed by atoms with Crippen molar-refractivity contribution in [3.63, 3.8) is 0 Å². The molecule has 0 saturated heterocycles. The predicted molar refractivity (Wildman–Crippen MR) is 129 cm³/mol. The van der Waals surface area contributed by atoms with Crippen molar-refractivity contribution in [3.8, 4) is 5.75 Å². The van der Waals surface area contributed by atoms with Gasteiger partial charge < -0.3 is 10.4 Å². The van der Waals surface area contributed by atoms with E-state index < -0.39 is 16.9 Å². The van der Waals surface area contributed by atoms with Gasteiger partial charge >= 0.3 is 0 Å². The number of phenolic OH excluding ortho intramolecular Hbond substituents is 1. The molecule has 0 fully saturated rings. The van der Waals surface area contributed by atoms with E-state index in [1.54, 1.807) is 42.5 Å². The number of carbonyl (C=O) groups excluding carboxylic acids is 1. The molecule has 1 atom stereocenters. The van der Waals surface area contributed by atoms with E-state index in [9.17, 15) is 14.1 Å². The first-order valence-corrected chi connectivity index (χ1v) is 11.0. The average Bonchev–Trinajstić information content (AvgIpc) is 2.73. The second kappa shape index (κ2) is 10.6. The molecule has 0 saturated carbocycles. The lowest BCUT2D eigenvalue weighted by atomic mass is 10.2. The third-order valence-electron chi connectivity index (χ3n) is 4.08. The zero-order valence-corrected chi connectivity index (χ0v) is 19.0. The molecule has 1 unspecified atom stereocenters. The molecule has 1 amide bonds. The summed E-state index contributed by atoms with van der Waals surface area (Å²) in [5.41, 5.74) is 2.69. The Balaban J connectivity index is 1.54. The summed E-state index contributed by atoms with van der Waals surface area (Å²) in [6.07, 6.45) is 2.76. The number of thiocarbonyl (C=S) groups is 1. The largest absolute Gasteiger partial charge is 0.507 e. The minimum atomic E-state index is -1.54. The van der Waals surface area contributed by atoms with Gasteiger partial charge in [-0.25, -0.2) is 14.2 Å². The number of nitrogens with one attached hydrogen (secondary N) is 3. The molecular weight excluding hydrogens is 446 g/mol. The van der Waals surface area contributed by atoms with Crippen molar-refractivity contribution in [1.29, 1.82) is 0 Å². The first-order chi connectivity index (χ1) is 15.3. The molecule has 0 bridgehead atoms. The molecule has 32 heavy (non-hydrogen) atoms. The number of nitrogens with zero attached hydrogens (tertiary/aromatic N) is 2. The lowest BCUT2D eigenvalue weighted by Gasteiger charge is -2.10. The summed E-state index contributed by atoms with van der Waals surface area (Å²) >= 11 is 5.15. The van der Waals surface area contributed by atoms with E-state index in [0.717, 1.165) is 11.4 Å². The van der Waals surface area contributed by atoms with Gasteiger partial charge in [0.15, 0.2) is 16.1 Å². The van der Waals surface area contributed by atoms with Crippen molar-refractivity contribution >= 4 is 51.9 Å². The van der Waals surface area contributed by atoms with Crippen molar-refractivity contribution in [3.05, 3.63) is 77.6 Å². The van der Waals surface area contributed by atoms with Crippen LogP contribution in [-0.4, -0.2) is 30.3 Å². The van der Waals surface area contributed by atoms with Gasteiger partial charge in [-0.1, -0.05) is 18.2 Å². The number of benzene rings is 2. The highest BCUT2D eigenvalue weighted by Crippen LogP contribution is 2.17. The number of aromatic hydroxyl groups is 1. The molecular formula is C22H21N5O3S2. The number of rotatable bonds is 6. The van der Waals surface area contributed by atoms with Crippen LogP contribution in [0.5, 0.6) is 5.75 Å².